The highest BCUT2D eigenvalue weighted by Gasteiger charge is 2.16. The predicted molar refractivity (Wildman–Crippen MR) is 48.3 cm³/mol. The van der Waals surface area contributed by atoms with E-state index in [0.29, 0.717) is 18.6 Å². The molecule has 0 fully saturated rings. The zero-order valence-electron chi connectivity index (χ0n) is 6.91. The third-order valence-corrected chi connectivity index (χ3v) is 1.64. The van der Waals surface area contributed by atoms with Crippen LogP contribution in [-0.2, 0) is 9.59 Å². The summed E-state index contributed by atoms with van der Waals surface area (Å²) in [4.78, 5) is 21.0. The molecule has 1 amide bonds. The van der Waals surface area contributed by atoms with Crippen molar-refractivity contribution in [3.05, 3.63) is 0 Å². The van der Waals surface area contributed by atoms with Gasteiger partial charge >= 0.3 is 5.97 Å². The van der Waals surface area contributed by atoms with Crippen molar-refractivity contribution in [2.24, 2.45) is 0 Å². The lowest BCUT2D eigenvalue weighted by molar-refractivity contribution is -0.141. The summed E-state index contributed by atoms with van der Waals surface area (Å²) in [5, 5.41) is 11.0. The Labute approximate surface area is 76.8 Å². The molecule has 0 spiro atoms. The van der Waals surface area contributed by atoms with E-state index in [1.54, 1.807) is 0 Å². The summed E-state index contributed by atoms with van der Waals surface area (Å²) < 4.78 is 0. The van der Waals surface area contributed by atoms with Crippen molar-refractivity contribution in [1.29, 1.82) is 0 Å². The number of aliphatic carboxylic acids is 1. The van der Waals surface area contributed by atoms with E-state index in [-0.39, 0.29) is 5.91 Å². The van der Waals surface area contributed by atoms with Gasteiger partial charge in [0, 0.05) is 6.92 Å². The number of hydrogen-bond donors (Lipinski definition) is 3. The Morgan fingerprint density at radius 1 is 1.58 bits per heavy atom. The minimum Gasteiger partial charge on any atom is -0.480 e. The van der Waals surface area contributed by atoms with Gasteiger partial charge in [-0.15, -0.1) is 0 Å². The highest BCUT2D eigenvalue weighted by molar-refractivity contribution is 7.80. The Morgan fingerprint density at radius 2 is 2.17 bits per heavy atom. The molecule has 0 aliphatic heterocycles. The monoisotopic (exact) mass is 191 g/mol. The lowest BCUT2D eigenvalue weighted by Gasteiger charge is -2.11. The van der Waals surface area contributed by atoms with Gasteiger partial charge in [0.15, 0.2) is 0 Å². The van der Waals surface area contributed by atoms with E-state index < -0.39 is 12.0 Å². The average molecular weight is 191 g/mol. The fourth-order valence-corrected chi connectivity index (χ4v) is 0.981. The molecule has 5 heteroatoms. The Balaban J connectivity index is 3.87. The number of carbonyl (C=O) groups is 2. The maximum atomic E-state index is 10.5. The normalized spacial score (nSPS) is 12.2. The van der Waals surface area contributed by atoms with Gasteiger partial charge in [0.2, 0.25) is 5.91 Å². The van der Waals surface area contributed by atoms with Crippen LogP contribution in [0.25, 0.3) is 0 Å². The third kappa shape index (κ3) is 5.01. The lowest BCUT2D eigenvalue weighted by Crippen LogP contribution is -2.39. The maximum absolute atomic E-state index is 10.5. The second-order valence-electron chi connectivity index (χ2n) is 2.46. The van der Waals surface area contributed by atoms with Gasteiger partial charge < -0.3 is 10.4 Å². The molecule has 0 saturated heterocycles. The fraction of sp³-hybridized carbons (Fsp3) is 0.714. The van der Waals surface area contributed by atoms with Gasteiger partial charge in [0.1, 0.15) is 6.04 Å². The van der Waals surface area contributed by atoms with Gasteiger partial charge in [-0.25, -0.2) is 4.79 Å². The molecule has 0 aromatic rings. The number of nitrogens with one attached hydrogen (secondary N) is 1. The zero-order valence-corrected chi connectivity index (χ0v) is 7.80. The van der Waals surface area contributed by atoms with Crippen molar-refractivity contribution in [3.8, 4) is 0 Å². The van der Waals surface area contributed by atoms with Crippen LogP contribution in [0.15, 0.2) is 0 Å². The Bertz CT molecular complexity index is 172. The van der Waals surface area contributed by atoms with E-state index in [4.69, 9.17) is 5.11 Å². The van der Waals surface area contributed by atoms with E-state index in [9.17, 15) is 9.59 Å². The Hall–Kier alpha value is -0.710. The lowest BCUT2D eigenvalue weighted by atomic mass is 10.2. The largest absolute Gasteiger partial charge is 0.480 e. The van der Waals surface area contributed by atoms with Crippen LogP contribution in [0.4, 0.5) is 0 Å². The van der Waals surface area contributed by atoms with Crippen molar-refractivity contribution < 1.29 is 14.7 Å². The zero-order chi connectivity index (χ0) is 9.56. The summed E-state index contributed by atoms with van der Waals surface area (Å²) in [6.07, 6.45) is 1.11. The molecule has 0 aliphatic carbocycles. The van der Waals surface area contributed by atoms with Gasteiger partial charge in [-0.05, 0) is 18.6 Å². The van der Waals surface area contributed by atoms with Crippen LogP contribution in [0.1, 0.15) is 19.8 Å². The van der Waals surface area contributed by atoms with Crippen LogP contribution >= 0.6 is 12.6 Å². The first-order valence-corrected chi connectivity index (χ1v) is 4.32. The standard InChI is InChI=1S/C7H13NO3S/c1-5(9)8-6(7(10)11)3-2-4-12/h6,12H,2-4H2,1H3,(H,8,9)(H,10,11)/t6-/m0/s1. The van der Waals surface area contributed by atoms with Gasteiger partial charge in [-0.1, -0.05) is 0 Å². The van der Waals surface area contributed by atoms with E-state index in [1.165, 1.54) is 6.92 Å². The Morgan fingerprint density at radius 3 is 2.50 bits per heavy atom. The predicted octanol–water partition coefficient (Wildman–Crippen LogP) is 0.286. The van der Waals surface area contributed by atoms with E-state index in [2.05, 4.69) is 17.9 Å². The van der Waals surface area contributed by atoms with Crippen LogP contribution in [0, 0.1) is 0 Å². The first-order valence-electron chi connectivity index (χ1n) is 3.68. The van der Waals surface area contributed by atoms with Crippen molar-refractivity contribution >= 4 is 24.5 Å². The molecular formula is C7H13NO3S. The number of hydrogen-bond acceptors (Lipinski definition) is 3. The van der Waals surface area contributed by atoms with Crippen LogP contribution in [0.3, 0.4) is 0 Å². The van der Waals surface area contributed by atoms with Crippen LogP contribution in [-0.4, -0.2) is 28.8 Å². The molecule has 0 aromatic carbocycles. The summed E-state index contributed by atoms with van der Waals surface area (Å²) in [5.74, 6) is -0.683. The first kappa shape index (κ1) is 11.3. The molecule has 0 saturated carbocycles. The molecule has 0 radical (unpaired) electrons. The molecule has 0 unspecified atom stereocenters. The number of carboxylic acid groups (broad SMARTS) is 1. The number of rotatable bonds is 5. The SMILES string of the molecule is CC(=O)N[C@@H](CCCS)C(=O)O. The fourth-order valence-electron chi connectivity index (χ4n) is 0.798. The number of amides is 1. The summed E-state index contributed by atoms with van der Waals surface area (Å²) in [7, 11) is 0. The molecule has 70 valence electrons. The molecule has 2 N–H and O–H groups in total. The smallest absolute Gasteiger partial charge is 0.326 e. The van der Waals surface area contributed by atoms with E-state index >= 15 is 0 Å². The average Bonchev–Trinajstić information content (AvgIpc) is 1.96. The molecular weight excluding hydrogens is 178 g/mol. The van der Waals surface area contributed by atoms with Gasteiger partial charge in [-0.3, -0.25) is 4.79 Å². The first-order chi connectivity index (χ1) is 5.57. The van der Waals surface area contributed by atoms with E-state index in [1.807, 2.05) is 0 Å². The second-order valence-corrected chi connectivity index (χ2v) is 2.90. The minimum absolute atomic E-state index is 0.318. The molecule has 0 heterocycles. The molecule has 12 heavy (non-hydrogen) atoms. The number of thiol groups is 1. The minimum atomic E-state index is -0.994. The molecule has 0 aromatic heterocycles. The second kappa shape index (κ2) is 5.88. The maximum Gasteiger partial charge on any atom is 0.326 e. The van der Waals surface area contributed by atoms with Gasteiger partial charge in [-0.2, -0.15) is 12.6 Å². The van der Waals surface area contributed by atoms with Gasteiger partial charge in [0.05, 0.1) is 0 Å². The Kier molecular flexibility index (Phi) is 5.53. The summed E-state index contributed by atoms with van der Waals surface area (Å²) in [6, 6.07) is -0.769. The highest BCUT2D eigenvalue weighted by atomic mass is 32.1. The quantitative estimate of drug-likeness (QED) is 0.547. The molecule has 1 atom stereocenters. The van der Waals surface area contributed by atoms with Gasteiger partial charge in [0.25, 0.3) is 0 Å². The summed E-state index contributed by atoms with van der Waals surface area (Å²) >= 11 is 3.95. The summed E-state index contributed by atoms with van der Waals surface area (Å²) in [6.45, 7) is 1.30. The van der Waals surface area contributed by atoms with Crippen LogP contribution in [0.2, 0.25) is 0 Å². The van der Waals surface area contributed by atoms with Crippen LogP contribution < -0.4 is 5.32 Å². The highest BCUT2D eigenvalue weighted by Crippen LogP contribution is 1.98. The van der Waals surface area contributed by atoms with E-state index in [0.717, 1.165) is 0 Å². The number of carbonyl (C=O) groups excluding carboxylic acids is 1. The summed E-state index contributed by atoms with van der Waals surface area (Å²) in [5.41, 5.74) is 0. The van der Waals surface area contributed by atoms with Crippen LogP contribution in [0.5, 0.6) is 0 Å². The molecule has 4 nitrogen and oxygen atoms in total. The molecule has 0 bridgehead atoms. The van der Waals surface area contributed by atoms with Crippen molar-refractivity contribution in [2.75, 3.05) is 5.75 Å². The van der Waals surface area contributed by atoms with Crippen molar-refractivity contribution in [3.63, 3.8) is 0 Å². The van der Waals surface area contributed by atoms with Crippen molar-refractivity contribution in [1.82, 2.24) is 5.32 Å². The molecule has 0 aliphatic rings. The van der Waals surface area contributed by atoms with Crippen molar-refractivity contribution in [2.45, 2.75) is 25.8 Å². The third-order valence-electron chi connectivity index (χ3n) is 1.33. The topological polar surface area (TPSA) is 66.4 Å². The number of carboxylic acids is 1. The molecule has 0 rings (SSSR count).